The minimum absolute atomic E-state index is 0.0702. The van der Waals surface area contributed by atoms with E-state index >= 15 is 0 Å². The van der Waals surface area contributed by atoms with E-state index in [1.165, 1.54) is 44.2 Å². The molecule has 0 atom stereocenters. The van der Waals surface area contributed by atoms with Gasteiger partial charge >= 0.3 is 0 Å². The van der Waals surface area contributed by atoms with E-state index in [9.17, 15) is 0 Å². The summed E-state index contributed by atoms with van der Waals surface area (Å²) in [5.41, 5.74) is 8.81. The van der Waals surface area contributed by atoms with Crippen LogP contribution in [0, 0.1) is 13.8 Å². The van der Waals surface area contributed by atoms with Crippen LogP contribution in [0.25, 0.3) is 33.2 Å². The zero-order valence-corrected chi connectivity index (χ0v) is 19.3. The van der Waals surface area contributed by atoms with Gasteiger partial charge in [0.1, 0.15) is 7.05 Å². The van der Waals surface area contributed by atoms with Crippen LogP contribution < -0.4 is 4.57 Å². The highest BCUT2D eigenvalue weighted by atomic mass is 14.9. The molecule has 3 aromatic carbocycles. The topological polar surface area (TPSA) is 3.88 Å². The van der Waals surface area contributed by atoms with Gasteiger partial charge in [-0.3, -0.25) is 0 Å². The maximum Gasteiger partial charge on any atom is 0.213 e. The van der Waals surface area contributed by atoms with Crippen molar-refractivity contribution in [1.82, 2.24) is 0 Å². The number of fused-ring (bicyclic) bond motifs is 4. The van der Waals surface area contributed by atoms with E-state index in [0.717, 1.165) is 5.69 Å². The standard InChI is InChI=1S/C30H32N/c1-19-12-15-26(31(7)18-19)27-20(2)13-14-24-28(27)23-16-21-10-8-9-11-22(21)17-25(23)30(5,6)29(24,3)4/h8-18H,1-7H3/q+1/i1D3. The number of hydrogen-bond acceptors (Lipinski definition) is 0. The molecule has 0 aliphatic heterocycles. The summed E-state index contributed by atoms with van der Waals surface area (Å²) >= 11 is 0. The Hall–Kier alpha value is -2.93. The first-order chi connectivity index (χ1) is 15.8. The number of rotatable bonds is 1. The van der Waals surface area contributed by atoms with Crippen LogP contribution in [-0.4, -0.2) is 0 Å². The van der Waals surface area contributed by atoms with Crippen LogP contribution in [-0.2, 0) is 17.9 Å². The Morgan fingerprint density at radius 1 is 0.774 bits per heavy atom. The first-order valence-corrected chi connectivity index (χ1v) is 11.0. The fourth-order valence-electron chi connectivity index (χ4n) is 5.34. The summed E-state index contributed by atoms with van der Waals surface area (Å²) in [6.07, 6.45) is 1.75. The smallest absolute Gasteiger partial charge is 0.201 e. The van der Waals surface area contributed by atoms with Crippen LogP contribution >= 0.6 is 0 Å². The number of aromatic nitrogens is 1. The monoisotopic (exact) mass is 409 g/mol. The Morgan fingerprint density at radius 2 is 1.45 bits per heavy atom. The molecule has 5 rings (SSSR count). The molecule has 1 nitrogen and oxygen atoms in total. The van der Waals surface area contributed by atoms with Gasteiger partial charge in [-0.1, -0.05) is 64.1 Å². The molecule has 0 N–H and O–H groups in total. The van der Waals surface area contributed by atoms with E-state index in [2.05, 4.69) is 83.1 Å². The maximum absolute atomic E-state index is 7.83. The Balaban J connectivity index is 1.90. The van der Waals surface area contributed by atoms with Gasteiger partial charge in [0.25, 0.3) is 0 Å². The third kappa shape index (κ3) is 2.72. The highest BCUT2D eigenvalue weighted by molar-refractivity contribution is 5.96. The van der Waals surface area contributed by atoms with Crippen molar-refractivity contribution in [2.24, 2.45) is 7.05 Å². The number of pyridine rings is 1. The van der Waals surface area contributed by atoms with Gasteiger partial charge in [-0.2, -0.15) is 0 Å². The second-order valence-corrected chi connectivity index (χ2v) is 10.1. The molecule has 1 heteroatoms. The molecule has 4 aromatic rings. The summed E-state index contributed by atoms with van der Waals surface area (Å²) in [5.74, 6) is 0. The fraction of sp³-hybridized carbons (Fsp3) is 0.300. The Labute approximate surface area is 190 Å². The summed E-state index contributed by atoms with van der Waals surface area (Å²) < 4.78 is 25.5. The highest BCUT2D eigenvalue weighted by Crippen LogP contribution is 2.56. The SMILES string of the molecule is [2H]C([2H])([2H])c1ccc(-c2c(C)ccc3c2-c2cc4ccccc4cc2C(C)(C)C3(C)C)[n+](C)c1. The average molecular weight is 410 g/mol. The second-order valence-electron chi connectivity index (χ2n) is 10.1. The summed E-state index contributed by atoms with van der Waals surface area (Å²) in [7, 11) is 1.95. The van der Waals surface area contributed by atoms with Gasteiger partial charge in [0.2, 0.25) is 5.69 Å². The zero-order chi connectivity index (χ0) is 24.6. The van der Waals surface area contributed by atoms with E-state index in [4.69, 9.17) is 4.11 Å². The molecule has 0 radical (unpaired) electrons. The first kappa shape index (κ1) is 16.7. The molecule has 1 heterocycles. The van der Waals surface area contributed by atoms with E-state index in [0.29, 0.717) is 5.56 Å². The van der Waals surface area contributed by atoms with Crippen molar-refractivity contribution in [2.45, 2.75) is 52.3 Å². The molecule has 0 amide bonds. The van der Waals surface area contributed by atoms with Crippen molar-refractivity contribution in [3.05, 3.63) is 89.1 Å². The number of nitrogens with zero attached hydrogens (tertiary/aromatic N) is 1. The third-order valence-corrected chi connectivity index (χ3v) is 7.87. The van der Waals surface area contributed by atoms with Gasteiger partial charge < -0.3 is 0 Å². The summed E-state index contributed by atoms with van der Waals surface area (Å²) in [6.45, 7) is 9.43. The first-order valence-electron chi connectivity index (χ1n) is 12.5. The molecule has 0 saturated carbocycles. The number of aryl methyl sites for hydroxylation is 3. The quantitative estimate of drug-likeness (QED) is 0.293. The van der Waals surface area contributed by atoms with E-state index in [1.807, 2.05) is 17.7 Å². The van der Waals surface area contributed by atoms with E-state index in [-0.39, 0.29) is 10.8 Å². The molecule has 156 valence electrons. The summed E-state index contributed by atoms with van der Waals surface area (Å²) in [6, 6.07) is 21.5. The normalized spacial score (nSPS) is 17.9. The minimum atomic E-state index is -2.13. The fourth-order valence-corrected chi connectivity index (χ4v) is 5.34. The van der Waals surface area contributed by atoms with Crippen molar-refractivity contribution in [3.63, 3.8) is 0 Å². The van der Waals surface area contributed by atoms with Crippen molar-refractivity contribution in [3.8, 4) is 22.4 Å². The molecule has 1 aliphatic rings. The van der Waals surface area contributed by atoms with Gasteiger partial charge in [0.15, 0.2) is 6.20 Å². The molecule has 0 unspecified atom stereocenters. The van der Waals surface area contributed by atoms with Crippen LogP contribution in [0.1, 0.15) is 54.1 Å². The van der Waals surface area contributed by atoms with Gasteiger partial charge in [-0.05, 0) is 81.4 Å². The molecule has 0 fully saturated rings. The third-order valence-electron chi connectivity index (χ3n) is 7.87. The van der Waals surface area contributed by atoms with Crippen molar-refractivity contribution in [2.75, 3.05) is 0 Å². The van der Waals surface area contributed by atoms with E-state index < -0.39 is 6.85 Å². The lowest BCUT2D eigenvalue weighted by Gasteiger charge is -2.49. The van der Waals surface area contributed by atoms with Crippen molar-refractivity contribution >= 4 is 10.8 Å². The van der Waals surface area contributed by atoms with Gasteiger partial charge in [-0.15, -0.1) is 0 Å². The summed E-state index contributed by atoms with van der Waals surface area (Å²) in [4.78, 5) is 0. The number of benzene rings is 3. The second kappa shape index (κ2) is 6.53. The van der Waals surface area contributed by atoms with Gasteiger partial charge in [0.05, 0.1) is 5.56 Å². The minimum Gasteiger partial charge on any atom is -0.201 e. The molecular weight excluding hydrogens is 374 g/mol. The molecular formula is C30H32N+. The Bertz CT molecular complexity index is 1460. The van der Waals surface area contributed by atoms with E-state index in [1.54, 1.807) is 12.3 Å². The highest BCUT2D eigenvalue weighted by Gasteiger charge is 2.47. The van der Waals surface area contributed by atoms with Gasteiger partial charge in [-0.25, -0.2) is 4.57 Å². The molecule has 1 aliphatic carbocycles. The average Bonchev–Trinajstić information content (AvgIpc) is 2.76. The lowest BCUT2D eigenvalue weighted by Crippen LogP contribution is -2.44. The van der Waals surface area contributed by atoms with Gasteiger partial charge in [0, 0.05) is 15.7 Å². The van der Waals surface area contributed by atoms with Crippen LogP contribution in [0.4, 0.5) is 0 Å². The molecule has 0 spiro atoms. The predicted octanol–water partition coefficient (Wildman–Crippen LogP) is 7.18. The molecule has 31 heavy (non-hydrogen) atoms. The largest absolute Gasteiger partial charge is 0.213 e. The number of hydrogen-bond donors (Lipinski definition) is 0. The Morgan fingerprint density at radius 3 is 2.13 bits per heavy atom. The van der Waals surface area contributed by atoms with Crippen LogP contribution in [0.15, 0.2) is 66.9 Å². The van der Waals surface area contributed by atoms with Crippen LogP contribution in [0.3, 0.4) is 0 Å². The zero-order valence-electron chi connectivity index (χ0n) is 22.3. The van der Waals surface area contributed by atoms with Crippen molar-refractivity contribution in [1.29, 1.82) is 0 Å². The predicted molar refractivity (Wildman–Crippen MR) is 132 cm³/mol. The van der Waals surface area contributed by atoms with Crippen LogP contribution in [0.2, 0.25) is 0 Å². The van der Waals surface area contributed by atoms with Crippen LogP contribution in [0.5, 0.6) is 0 Å². The lowest BCUT2D eigenvalue weighted by atomic mass is 9.54. The van der Waals surface area contributed by atoms with Crippen molar-refractivity contribution < 1.29 is 8.68 Å². The maximum atomic E-state index is 7.83. The molecule has 1 aromatic heterocycles. The molecule has 0 bridgehead atoms. The molecule has 0 saturated heterocycles. The lowest BCUT2D eigenvalue weighted by molar-refractivity contribution is -0.660. The summed E-state index contributed by atoms with van der Waals surface area (Å²) in [5, 5.41) is 2.49. The Kier molecular flexibility index (Phi) is 3.52.